The maximum absolute atomic E-state index is 12.4. The molecule has 2 aromatic rings. The molecule has 1 unspecified atom stereocenters. The molecule has 3 rings (SSSR count). The number of fused-ring (bicyclic) bond motifs is 1. The van der Waals surface area contributed by atoms with Gasteiger partial charge in [0.15, 0.2) is 0 Å². The Morgan fingerprint density at radius 3 is 2.63 bits per heavy atom. The quantitative estimate of drug-likeness (QED) is 0.791. The highest BCUT2D eigenvalue weighted by atomic mass is 16.2. The summed E-state index contributed by atoms with van der Waals surface area (Å²) in [6.45, 7) is 3.69. The second-order valence-electron chi connectivity index (χ2n) is 4.71. The lowest BCUT2D eigenvalue weighted by atomic mass is 9.92. The van der Waals surface area contributed by atoms with Gasteiger partial charge in [-0.1, -0.05) is 24.3 Å². The molecule has 1 aromatic carbocycles. The summed E-state index contributed by atoms with van der Waals surface area (Å²) in [6.07, 6.45) is 1.58. The van der Waals surface area contributed by atoms with Crippen LogP contribution in [0.25, 0.3) is 0 Å². The zero-order valence-corrected chi connectivity index (χ0v) is 10.7. The van der Waals surface area contributed by atoms with Crippen molar-refractivity contribution in [2.45, 2.75) is 19.8 Å². The van der Waals surface area contributed by atoms with E-state index < -0.39 is 5.92 Å². The Kier molecular flexibility index (Phi) is 2.48. The monoisotopic (exact) mass is 255 g/mol. The summed E-state index contributed by atoms with van der Waals surface area (Å²) in [7, 11) is 0. The number of rotatable bonds is 1. The van der Waals surface area contributed by atoms with E-state index in [9.17, 15) is 9.59 Å². The van der Waals surface area contributed by atoms with Crippen LogP contribution in [0.1, 0.15) is 27.4 Å². The van der Waals surface area contributed by atoms with E-state index in [1.807, 2.05) is 25.1 Å². The Morgan fingerprint density at radius 1 is 1.16 bits per heavy atom. The first kappa shape index (κ1) is 11.6. The molecule has 1 N–H and O–H groups in total. The number of nitrogens with one attached hydrogen (secondary N) is 1. The van der Waals surface area contributed by atoms with Gasteiger partial charge in [0.25, 0.3) is 5.91 Å². The van der Waals surface area contributed by atoms with Crippen molar-refractivity contribution in [1.29, 1.82) is 0 Å². The Morgan fingerprint density at radius 2 is 1.89 bits per heavy atom. The van der Waals surface area contributed by atoms with E-state index in [1.165, 1.54) is 4.68 Å². The minimum absolute atomic E-state index is 0.296. The molecule has 0 fully saturated rings. The van der Waals surface area contributed by atoms with Crippen LogP contribution >= 0.6 is 0 Å². The lowest BCUT2D eigenvalue weighted by Gasteiger charge is -2.23. The lowest BCUT2D eigenvalue weighted by Crippen LogP contribution is -2.38. The van der Waals surface area contributed by atoms with Gasteiger partial charge in [-0.2, -0.15) is 9.78 Å². The molecule has 1 aliphatic heterocycles. The minimum atomic E-state index is -0.826. The standard InChI is InChI=1S/C14H13N3O2/c1-8-5-3-4-6-10(8)11-13(18)16-12-9(2)7-15-17(12)14(11)19/h3-7,11H,1-2H3,(H,16,18). The van der Waals surface area contributed by atoms with Crippen LogP contribution in [0.3, 0.4) is 0 Å². The first-order chi connectivity index (χ1) is 9.09. The molecule has 1 atom stereocenters. The average Bonchev–Trinajstić information content (AvgIpc) is 2.74. The van der Waals surface area contributed by atoms with Crippen LogP contribution in [0.2, 0.25) is 0 Å². The number of carbonyl (C=O) groups is 2. The molecule has 0 saturated carbocycles. The van der Waals surface area contributed by atoms with Gasteiger partial charge in [-0.15, -0.1) is 0 Å². The molecule has 5 heteroatoms. The fourth-order valence-corrected chi connectivity index (χ4v) is 2.36. The van der Waals surface area contributed by atoms with Crippen LogP contribution in [-0.4, -0.2) is 21.6 Å². The van der Waals surface area contributed by atoms with E-state index in [1.54, 1.807) is 19.2 Å². The van der Waals surface area contributed by atoms with Crippen molar-refractivity contribution in [2.75, 3.05) is 5.32 Å². The fraction of sp³-hybridized carbons (Fsp3) is 0.214. The predicted octanol–water partition coefficient (Wildman–Crippen LogP) is 1.88. The molecule has 2 heterocycles. The topological polar surface area (TPSA) is 64.0 Å². The number of aromatic nitrogens is 2. The van der Waals surface area contributed by atoms with E-state index in [0.29, 0.717) is 5.82 Å². The van der Waals surface area contributed by atoms with E-state index >= 15 is 0 Å². The van der Waals surface area contributed by atoms with E-state index in [2.05, 4.69) is 10.4 Å². The second kappa shape index (κ2) is 4.05. The summed E-state index contributed by atoms with van der Waals surface area (Å²) in [6, 6.07) is 7.40. The summed E-state index contributed by atoms with van der Waals surface area (Å²) in [5, 5.41) is 6.78. The first-order valence-corrected chi connectivity index (χ1v) is 6.05. The number of carbonyl (C=O) groups excluding carboxylic acids is 2. The van der Waals surface area contributed by atoms with Gasteiger partial charge < -0.3 is 5.32 Å². The first-order valence-electron chi connectivity index (χ1n) is 6.05. The number of hydrogen-bond acceptors (Lipinski definition) is 3. The predicted molar refractivity (Wildman–Crippen MR) is 70.1 cm³/mol. The van der Waals surface area contributed by atoms with Crippen LogP contribution in [-0.2, 0) is 4.79 Å². The van der Waals surface area contributed by atoms with Gasteiger partial charge in [-0.3, -0.25) is 9.59 Å². The number of nitrogens with zero attached hydrogens (tertiary/aromatic N) is 2. The Balaban J connectivity index is 2.12. The minimum Gasteiger partial charge on any atom is -0.309 e. The van der Waals surface area contributed by atoms with E-state index in [4.69, 9.17) is 0 Å². The summed E-state index contributed by atoms with van der Waals surface area (Å²) < 4.78 is 1.27. The van der Waals surface area contributed by atoms with Crippen LogP contribution in [0.15, 0.2) is 30.5 Å². The largest absolute Gasteiger partial charge is 0.309 e. The molecule has 1 amide bonds. The normalized spacial score (nSPS) is 18.1. The van der Waals surface area contributed by atoms with Crippen LogP contribution < -0.4 is 5.32 Å². The summed E-state index contributed by atoms with van der Waals surface area (Å²) in [4.78, 5) is 24.6. The van der Waals surface area contributed by atoms with Crippen LogP contribution in [0, 0.1) is 13.8 Å². The molecule has 0 bridgehead atoms. The van der Waals surface area contributed by atoms with Gasteiger partial charge in [0.1, 0.15) is 11.7 Å². The van der Waals surface area contributed by atoms with Crippen molar-refractivity contribution in [3.63, 3.8) is 0 Å². The Labute approximate surface area is 110 Å². The van der Waals surface area contributed by atoms with Crippen molar-refractivity contribution < 1.29 is 9.59 Å². The van der Waals surface area contributed by atoms with Gasteiger partial charge in [-0.05, 0) is 25.0 Å². The average molecular weight is 255 g/mol. The zero-order valence-electron chi connectivity index (χ0n) is 10.7. The SMILES string of the molecule is Cc1ccccc1C1C(=O)Nc2c(C)cnn2C1=O. The lowest BCUT2D eigenvalue weighted by molar-refractivity contribution is -0.117. The number of anilines is 1. The molecule has 0 radical (unpaired) electrons. The maximum atomic E-state index is 12.4. The highest BCUT2D eigenvalue weighted by Crippen LogP contribution is 2.29. The van der Waals surface area contributed by atoms with Crippen molar-refractivity contribution in [1.82, 2.24) is 9.78 Å². The number of aryl methyl sites for hydroxylation is 2. The third-order valence-electron chi connectivity index (χ3n) is 3.41. The Hall–Kier alpha value is -2.43. The highest BCUT2D eigenvalue weighted by Gasteiger charge is 2.37. The molecule has 96 valence electrons. The molecule has 1 aliphatic rings. The molecule has 19 heavy (non-hydrogen) atoms. The van der Waals surface area contributed by atoms with Gasteiger partial charge in [0.2, 0.25) is 5.91 Å². The molecule has 0 aliphatic carbocycles. The van der Waals surface area contributed by atoms with E-state index in [-0.39, 0.29) is 11.8 Å². The van der Waals surface area contributed by atoms with Crippen molar-refractivity contribution >= 4 is 17.6 Å². The molecular formula is C14H13N3O2. The second-order valence-corrected chi connectivity index (χ2v) is 4.71. The molecule has 1 aromatic heterocycles. The fourth-order valence-electron chi connectivity index (χ4n) is 2.36. The van der Waals surface area contributed by atoms with Crippen molar-refractivity contribution in [3.8, 4) is 0 Å². The molecule has 0 saturated heterocycles. The molecule has 5 nitrogen and oxygen atoms in total. The smallest absolute Gasteiger partial charge is 0.265 e. The van der Waals surface area contributed by atoms with Crippen molar-refractivity contribution in [2.24, 2.45) is 0 Å². The zero-order chi connectivity index (χ0) is 13.6. The number of amides is 1. The van der Waals surface area contributed by atoms with Gasteiger partial charge in [0.05, 0.1) is 6.20 Å². The summed E-state index contributed by atoms with van der Waals surface area (Å²) in [5.74, 6) is -0.954. The van der Waals surface area contributed by atoms with Gasteiger partial charge >= 0.3 is 0 Å². The van der Waals surface area contributed by atoms with Gasteiger partial charge in [-0.25, -0.2) is 0 Å². The maximum Gasteiger partial charge on any atom is 0.265 e. The van der Waals surface area contributed by atoms with Crippen LogP contribution in [0.5, 0.6) is 0 Å². The van der Waals surface area contributed by atoms with Crippen molar-refractivity contribution in [3.05, 3.63) is 47.2 Å². The van der Waals surface area contributed by atoms with E-state index in [0.717, 1.165) is 16.7 Å². The third-order valence-corrected chi connectivity index (χ3v) is 3.41. The third kappa shape index (κ3) is 1.66. The number of hydrogen-bond donors (Lipinski definition) is 1. The highest BCUT2D eigenvalue weighted by molar-refractivity contribution is 6.15. The summed E-state index contributed by atoms with van der Waals surface area (Å²) in [5.41, 5.74) is 2.43. The molecular weight excluding hydrogens is 242 g/mol. The Bertz CT molecular complexity index is 688. The summed E-state index contributed by atoms with van der Waals surface area (Å²) >= 11 is 0. The van der Waals surface area contributed by atoms with Crippen LogP contribution in [0.4, 0.5) is 5.82 Å². The molecule has 0 spiro atoms. The van der Waals surface area contributed by atoms with Gasteiger partial charge in [0, 0.05) is 5.56 Å². The number of benzene rings is 1.